The van der Waals surface area contributed by atoms with Crippen molar-refractivity contribution in [1.82, 2.24) is 20.1 Å². The van der Waals surface area contributed by atoms with Crippen LogP contribution in [-0.2, 0) is 18.5 Å². The maximum Gasteiger partial charge on any atom is 0.107 e. The number of nitrogens with one attached hydrogen (secondary N) is 1. The van der Waals surface area contributed by atoms with Gasteiger partial charge in [0.15, 0.2) is 0 Å². The normalized spacial score (nSPS) is 11.9. The van der Waals surface area contributed by atoms with E-state index in [1.165, 1.54) is 10.7 Å². The highest BCUT2D eigenvalue weighted by Crippen LogP contribution is 2.23. The van der Waals surface area contributed by atoms with E-state index in [-0.39, 0.29) is 5.41 Å². The topological polar surface area (TPSA) is 42.7 Å². The predicted octanol–water partition coefficient (Wildman–Crippen LogP) is 2.82. The van der Waals surface area contributed by atoms with E-state index in [0.717, 1.165) is 26.1 Å². The van der Waals surface area contributed by atoms with E-state index in [2.05, 4.69) is 41.6 Å². The third-order valence-corrected chi connectivity index (χ3v) is 3.75. The minimum atomic E-state index is 0.148. The molecule has 0 fully saturated rings. The molecule has 0 unspecified atom stereocenters. The van der Waals surface area contributed by atoms with E-state index in [1.807, 2.05) is 23.1 Å². The third kappa shape index (κ3) is 4.44. The Morgan fingerprint density at radius 3 is 2.84 bits per heavy atom. The molecule has 0 amide bonds. The van der Waals surface area contributed by atoms with Crippen LogP contribution in [0, 0.1) is 0 Å². The van der Waals surface area contributed by atoms with Crippen molar-refractivity contribution in [1.29, 1.82) is 0 Å². The smallest absolute Gasteiger partial charge is 0.107 e. The Kier molecular flexibility index (Phi) is 4.71. The molecule has 0 saturated heterocycles. The number of aromatic nitrogens is 3. The van der Waals surface area contributed by atoms with Gasteiger partial charge < -0.3 is 5.32 Å². The molecule has 0 aliphatic rings. The van der Waals surface area contributed by atoms with Gasteiger partial charge >= 0.3 is 0 Å². The summed E-state index contributed by atoms with van der Waals surface area (Å²) in [4.78, 5) is 4.67. The Hall–Kier alpha value is -1.20. The first kappa shape index (κ1) is 14.2. The fourth-order valence-electron chi connectivity index (χ4n) is 1.73. The lowest BCUT2D eigenvalue weighted by molar-refractivity contribution is 0.539. The van der Waals surface area contributed by atoms with Gasteiger partial charge in [-0.2, -0.15) is 5.10 Å². The molecule has 0 aliphatic carbocycles. The highest BCUT2D eigenvalue weighted by Gasteiger charge is 2.16. The van der Waals surface area contributed by atoms with Crippen LogP contribution in [0.25, 0.3) is 0 Å². The summed E-state index contributed by atoms with van der Waals surface area (Å²) < 4.78 is 1.96. The monoisotopic (exact) mass is 278 g/mol. The minimum Gasteiger partial charge on any atom is -0.310 e. The molecule has 1 N–H and O–H groups in total. The highest BCUT2D eigenvalue weighted by molar-refractivity contribution is 7.09. The third-order valence-electron chi connectivity index (χ3n) is 2.90. The lowest BCUT2D eigenvalue weighted by Gasteiger charge is -2.14. The fraction of sp³-hybridized carbons (Fsp3) is 0.571. The Morgan fingerprint density at radius 2 is 2.21 bits per heavy atom. The summed E-state index contributed by atoms with van der Waals surface area (Å²) in [5.74, 6) is 0. The Balaban J connectivity index is 1.67. The molecule has 0 spiro atoms. The van der Waals surface area contributed by atoms with Gasteiger partial charge in [0.1, 0.15) is 5.01 Å². The van der Waals surface area contributed by atoms with Gasteiger partial charge in [0.25, 0.3) is 0 Å². The molecule has 5 heteroatoms. The van der Waals surface area contributed by atoms with Crippen LogP contribution in [0.4, 0.5) is 0 Å². The Morgan fingerprint density at radius 1 is 1.37 bits per heavy atom. The molecule has 104 valence electrons. The van der Waals surface area contributed by atoms with Gasteiger partial charge in [-0.1, -0.05) is 20.8 Å². The number of rotatable bonds is 6. The van der Waals surface area contributed by atoms with Crippen LogP contribution in [0.1, 0.15) is 37.9 Å². The predicted molar refractivity (Wildman–Crippen MR) is 79.4 cm³/mol. The van der Waals surface area contributed by atoms with E-state index in [1.54, 1.807) is 11.3 Å². The largest absolute Gasteiger partial charge is 0.310 e. The van der Waals surface area contributed by atoms with Crippen LogP contribution in [0.15, 0.2) is 23.8 Å². The summed E-state index contributed by atoms with van der Waals surface area (Å²) >= 11 is 1.74. The van der Waals surface area contributed by atoms with Gasteiger partial charge in [0.05, 0.1) is 5.69 Å². The first-order valence-electron chi connectivity index (χ1n) is 6.69. The molecule has 0 saturated carbocycles. The molecule has 0 aliphatic heterocycles. The molecule has 0 atom stereocenters. The molecule has 0 aromatic carbocycles. The average molecular weight is 278 g/mol. The van der Waals surface area contributed by atoms with Crippen LogP contribution >= 0.6 is 11.3 Å². The summed E-state index contributed by atoms with van der Waals surface area (Å²) in [7, 11) is 0. The van der Waals surface area contributed by atoms with Crippen molar-refractivity contribution in [3.8, 4) is 0 Å². The van der Waals surface area contributed by atoms with Crippen molar-refractivity contribution in [2.75, 3.05) is 6.54 Å². The molecule has 19 heavy (non-hydrogen) atoms. The number of hydrogen-bond donors (Lipinski definition) is 1. The Labute approximate surface area is 118 Å². The maximum absolute atomic E-state index is 4.67. The van der Waals surface area contributed by atoms with Crippen molar-refractivity contribution in [3.63, 3.8) is 0 Å². The van der Waals surface area contributed by atoms with Crippen molar-refractivity contribution in [2.24, 2.45) is 0 Å². The molecule has 2 heterocycles. The van der Waals surface area contributed by atoms with Crippen molar-refractivity contribution in [3.05, 3.63) is 34.5 Å². The minimum absolute atomic E-state index is 0.148. The lowest BCUT2D eigenvalue weighted by atomic mass is 9.93. The Bertz CT molecular complexity index is 482. The van der Waals surface area contributed by atoms with Crippen LogP contribution in [-0.4, -0.2) is 21.3 Å². The molecule has 0 bridgehead atoms. The summed E-state index contributed by atoms with van der Waals surface area (Å²) in [5, 5.41) is 11.0. The molecular formula is C14H22N4S. The zero-order valence-electron chi connectivity index (χ0n) is 11.9. The van der Waals surface area contributed by atoms with Gasteiger partial charge in [0, 0.05) is 36.3 Å². The van der Waals surface area contributed by atoms with Crippen LogP contribution in [0.3, 0.4) is 0 Å². The van der Waals surface area contributed by atoms with Gasteiger partial charge in [0.2, 0.25) is 0 Å². The first-order chi connectivity index (χ1) is 9.05. The summed E-state index contributed by atoms with van der Waals surface area (Å²) in [6.07, 6.45) is 4.90. The second kappa shape index (κ2) is 6.30. The van der Waals surface area contributed by atoms with E-state index in [9.17, 15) is 0 Å². The zero-order chi connectivity index (χ0) is 13.7. The van der Waals surface area contributed by atoms with Gasteiger partial charge in [-0.15, -0.1) is 11.3 Å². The van der Waals surface area contributed by atoms with Crippen LogP contribution < -0.4 is 5.32 Å². The second-order valence-electron chi connectivity index (χ2n) is 5.68. The van der Waals surface area contributed by atoms with Crippen molar-refractivity contribution < 1.29 is 0 Å². The van der Waals surface area contributed by atoms with Crippen molar-refractivity contribution >= 4 is 11.3 Å². The highest BCUT2D eigenvalue weighted by atomic mass is 32.1. The second-order valence-corrected chi connectivity index (χ2v) is 6.62. The lowest BCUT2D eigenvalue weighted by Crippen LogP contribution is -2.17. The maximum atomic E-state index is 4.67. The number of hydrogen-bond acceptors (Lipinski definition) is 4. The summed E-state index contributed by atoms with van der Waals surface area (Å²) in [6, 6.07) is 1.96. The first-order valence-corrected chi connectivity index (χ1v) is 7.57. The van der Waals surface area contributed by atoms with Crippen molar-refractivity contribution in [2.45, 2.75) is 45.7 Å². The number of aryl methyl sites for hydroxylation is 1. The van der Waals surface area contributed by atoms with Crippen LogP contribution in [0.2, 0.25) is 0 Å². The van der Waals surface area contributed by atoms with E-state index in [4.69, 9.17) is 0 Å². The zero-order valence-corrected chi connectivity index (χ0v) is 12.7. The van der Waals surface area contributed by atoms with E-state index in [0.29, 0.717) is 0 Å². The number of thiazole rings is 1. The molecule has 2 aromatic heterocycles. The molecule has 0 radical (unpaired) electrons. The number of nitrogens with zero attached hydrogens (tertiary/aromatic N) is 3. The van der Waals surface area contributed by atoms with Gasteiger partial charge in [-0.3, -0.25) is 4.68 Å². The van der Waals surface area contributed by atoms with E-state index >= 15 is 0 Å². The summed E-state index contributed by atoms with van der Waals surface area (Å²) in [6.45, 7) is 9.41. The fourth-order valence-corrected chi connectivity index (χ4v) is 2.72. The van der Waals surface area contributed by atoms with Gasteiger partial charge in [-0.25, -0.2) is 4.98 Å². The van der Waals surface area contributed by atoms with Crippen LogP contribution in [0.5, 0.6) is 0 Å². The average Bonchev–Trinajstić information content (AvgIpc) is 2.97. The van der Waals surface area contributed by atoms with Gasteiger partial charge in [-0.05, 0) is 19.0 Å². The standard InChI is InChI=1S/C14H22N4S/c1-14(2,3)12-11-19-13(17-12)10-15-6-4-8-18-9-5-7-16-18/h5,7,9,11,15H,4,6,8,10H2,1-3H3. The SMILES string of the molecule is CC(C)(C)c1csc(CNCCCn2cccn2)n1. The van der Waals surface area contributed by atoms with E-state index < -0.39 is 0 Å². The molecule has 2 rings (SSSR count). The molecule has 2 aromatic rings. The quantitative estimate of drug-likeness (QED) is 0.826. The summed E-state index contributed by atoms with van der Waals surface area (Å²) in [5.41, 5.74) is 1.33. The molecular weight excluding hydrogens is 256 g/mol. The molecule has 4 nitrogen and oxygen atoms in total.